The van der Waals surface area contributed by atoms with E-state index in [1.54, 1.807) is 24.8 Å². The summed E-state index contributed by atoms with van der Waals surface area (Å²) in [5.41, 5.74) is 3.47. The van der Waals surface area contributed by atoms with Crippen LogP contribution in [0, 0.1) is 5.92 Å². The van der Waals surface area contributed by atoms with Gasteiger partial charge < -0.3 is 5.32 Å². The molecule has 1 aliphatic carbocycles. The predicted molar refractivity (Wildman–Crippen MR) is 110 cm³/mol. The SMILES string of the molecule is O=c1n(Cc2cnccn2)nc2c(NCC3CC3)c(-c3ccc(Cl)cc3)cnn12. The van der Waals surface area contributed by atoms with Crippen molar-refractivity contribution in [3.05, 3.63) is 70.3 Å². The van der Waals surface area contributed by atoms with Crippen molar-refractivity contribution in [3.63, 3.8) is 0 Å². The van der Waals surface area contributed by atoms with Gasteiger partial charge in [0.15, 0.2) is 0 Å². The first kappa shape index (κ1) is 17.8. The molecule has 3 aromatic heterocycles. The van der Waals surface area contributed by atoms with Crippen molar-refractivity contribution in [3.8, 4) is 11.1 Å². The van der Waals surface area contributed by atoms with Gasteiger partial charge in [-0.2, -0.15) is 9.61 Å². The van der Waals surface area contributed by atoms with Crippen molar-refractivity contribution < 1.29 is 0 Å². The Labute approximate surface area is 171 Å². The smallest absolute Gasteiger partial charge is 0.367 e. The molecule has 146 valence electrons. The van der Waals surface area contributed by atoms with Crippen LogP contribution in [0.5, 0.6) is 0 Å². The van der Waals surface area contributed by atoms with Gasteiger partial charge in [-0.1, -0.05) is 23.7 Å². The third-order valence-electron chi connectivity index (χ3n) is 4.96. The molecule has 5 rings (SSSR count). The van der Waals surface area contributed by atoms with Crippen LogP contribution in [0.25, 0.3) is 16.8 Å². The molecule has 0 saturated heterocycles. The van der Waals surface area contributed by atoms with Gasteiger partial charge in [0.05, 0.1) is 30.3 Å². The summed E-state index contributed by atoms with van der Waals surface area (Å²) < 4.78 is 2.69. The van der Waals surface area contributed by atoms with E-state index in [4.69, 9.17) is 11.6 Å². The zero-order chi connectivity index (χ0) is 19.8. The summed E-state index contributed by atoms with van der Waals surface area (Å²) >= 11 is 6.04. The van der Waals surface area contributed by atoms with E-state index in [2.05, 4.69) is 25.5 Å². The number of aromatic nitrogens is 6. The molecule has 8 nitrogen and oxygen atoms in total. The Morgan fingerprint density at radius 3 is 2.69 bits per heavy atom. The van der Waals surface area contributed by atoms with Crippen molar-refractivity contribution in [2.75, 3.05) is 11.9 Å². The van der Waals surface area contributed by atoms with Crippen molar-refractivity contribution >= 4 is 22.9 Å². The van der Waals surface area contributed by atoms with E-state index in [0.717, 1.165) is 23.4 Å². The molecule has 1 saturated carbocycles. The highest BCUT2D eigenvalue weighted by Crippen LogP contribution is 2.33. The Bertz CT molecular complexity index is 1210. The normalized spacial score (nSPS) is 13.7. The summed E-state index contributed by atoms with van der Waals surface area (Å²) in [7, 11) is 0. The Morgan fingerprint density at radius 2 is 1.97 bits per heavy atom. The summed E-state index contributed by atoms with van der Waals surface area (Å²) in [4.78, 5) is 21.1. The first-order valence-electron chi connectivity index (χ1n) is 9.42. The monoisotopic (exact) mass is 407 g/mol. The Kier molecular flexibility index (Phi) is 4.48. The van der Waals surface area contributed by atoms with Gasteiger partial charge in [0, 0.05) is 29.5 Å². The Balaban J connectivity index is 1.62. The minimum atomic E-state index is -0.317. The highest BCUT2D eigenvalue weighted by molar-refractivity contribution is 6.30. The largest absolute Gasteiger partial charge is 0.381 e. The van der Waals surface area contributed by atoms with Crippen LogP contribution < -0.4 is 11.0 Å². The van der Waals surface area contributed by atoms with Gasteiger partial charge in [0.25, 0.3) is 0 Å². The Hall–Kier alpha value is -3.26. The molecule has 0 radical (unpaired) electrons. The highest BCUT2D eigenvalue weighted by Gasteiger charge is 2.23. The number of benzene rings is 1. The molecule has 1 aliphatic rings. The zero-order valence-corrected chi connectivity index (χ0v) is 16.3. The summed E-state index contributed by atoms with van der Waals surface area (Å²) in [6.45, 7) is 1.07. The second kappa shape index (κ2) is 7.29. The van der Waals surface area contributed by atoms with Gasteiger partial charge in [0.2, 0.25) is 5.65 Å². The first-order valence-corrected chi connectivity index (χ1v) is 9.80. The molecule has 0 aliphatic heterocycles. The van der Waals surface area contributed by atoms with E-state index in [1.807, 2.05) is 24.3 Å². The van der Waals surface area contributed by atoms with Crippen LogP contribution in [0.2, 0.25) is 5.02 Å². The molecule has 0 spiro atoms. The fraction of sp³-hybridized carbons (Fsp3) is 0.250. The summed E-state index contributed by atoms with van der Waals surface area (Å²) in [5.74, 6) is 0.662. The molecule has 0 unspecified atom stereocenters. The molecule has 29 heavy (non-hydrogen) atoms. The third-order valence-corrected chi connectivity index (χ3v) is 5.21. The standard InChI is InChI=1S/C20H18ClN7O/c21-15-5-3-14(4-6-15)17-11-25-28-19(18(17)24-9-13-1-2-13)26-27(20(28)29)12-16-10-22-7-8-23-16/h3-8,10-11,13,24H,1-2,9,12H2. The summed E-state index contributed by atoms with van der Waals surface area (Å²) in [6.07, 6.45) is 8.94. The molecular formula is C20H18ClN7O. The quantitative estimate of drug-likeness (QED) is 0.528. The van der Waals surface area contributed by atoms with E-state index in [9.17, 15) is 4.79 Å². The second-order valence-electron chi connectivity index (χ2n) is 7.14. The minimum absolute atomic E-state index is 0.231. The number of fused-ring (bicyclic) bond motifs is 1. The third kappa shape index (κ3) is 3.58. The molecule has 3 heterocycles. The lowest BCUT2D eigenvalue weighted by Crippen LogP contribution is -2.23. The molecule has 9 heteroatoms. The van der Waals surface area contributed by atoms with E-state index in [0.29, 0.717) is 22.3 Å². The van der Waals surface area contributed by atoms with Gasteiger partial charge in [-0.3, -0.25) is 9.97 Å². The molecule has 1 aromatic carbocycles. The first-order chi connectivity index (χ1) is 14.2. The van der Waals surface area contributed by atoms with E-state index < -0.39 is 0 Å². The average molecular weight is 408 g/mol. The van der Waals surface area contributed by atoms with Crippen LogP contribution in [0.15, 0.2) is 53.8 Å². The Morgan fingerprint density at radius 1 is 1.14 bits per heavy atom. The fourth-order valence-electron chi connectivity index (χ4n) is 3.22. The summed E-state index contributed by atoms with van der Waals surface area (Å²) in [6, 6.07) is 7.55. The number of halogens is 1. The van der Waals surface area contributed by atoms with E-state index >= 15 is 0 Å². The number of hydrogen-bond acceptors (Lipinski definition) is 6. The maximum absolute atomic E-state index is 12.8. The lowest BCUT2D eigenvalue weighted by atomic mass is 10.1. The van der Waals surface area contributed by atoms with Gasteiger partial charge in [0.1, 0.15) is 0 Å². The lowest BCUT2D eigenvalue weighted by Gasteiger charge is -2.12. The van der Waals surface area contributed by atoms with Gasteiger partial charge >= 0.3 is 5.69 Å². The van der Waals surface area contributed by atoms with Crippen LogP contribution in [-0.4, -0.2) is 35.9 Å². The van der Waals surface area contributed by atoms with Crippen LogP contribution >= 0.6 is 11.6 Å². The van der Waals surface area contributed by atoms with Crippen LogP contribution in [0.3, 0.4) is 0 Å². The topological polar surface area (TPSA) is 90.0 Å². The fourth-order valence-corrected chi connectivity index (χ4v) is 3.34. The number of nitrogens with one attached hydrogen (secondary N) is 1. The molecule has 0 bridgehead atoms. The number of nitrogens with zero attached hydrogens (tertiary/aromatic N) is 6. The molecule has 4 aromatic rings. The molecule has 1 fully saturated rings. The van der Waals surface area contributed by atoms with E-state index in [-0.39, 0.29) is 12.2 Å². The minimum Gasteiger partial charge on any atom is -0.381 e. The van der Waals surface area contributed by atoms with Gasteiger partial charge in [-0.15, -0.1) is 5.10 Å². The maximum Gasteiger partial charge on any atom is 0.367 e. The lowest BCUT2D eigenvalue weighted by molar-refractivity contribution is 0.636. The molecule has 1 N–H and O–H groups in total. The van der Waals surface area contributed by atoms with Crippen molar-refractivity contribution in [1.82, 2.24) is 29.4 Å². The van der Waals surface area contributed by atoms with Crippen molar-refractivity contribution in [2.24, 2.45) is 5.92 Å². The van der Waals surface area contributed by atoms with Gasteiger partial charge in [-0.25, -0.2) is 9.48 Å². The highest BCUT2D eigenvalue weighted by atomic mass is 35.5. The van der Waals surface area contributed by atoms with Crippen LogP contribution in [0.4, 0.5) is 5.69 Å². The second-order valence-corrected chi connectivity index (χ2v) is 7.57. The maximum atomic E-state index is 12.8. The summed E-state index contributed by atoms with van der Waals surface area (Å²) in [5, 5.41) is 13.1. The number of rotatable bonds is 6. The molecule has 0 amide bonds. The number of hydrogen-bond donors (Lipinski definition) is 1. The molecular weight excluding hydrogens is 390 g/mol. The predicted octanol–water partition coefficient (Wildman–Crippen LogP) is 2.87. The zero-order valence-electron chi connectivity index (χ0n) is 15.5. The van der Waals surface area contributed by atoms with E-state index in [1.165, 1.54) is 22.0 Å². The van der Waals surface area contributed by atoms with Crippen molar-refractivity contribution in [2.45, 2.75) is 19.4 Å². The van der Waals surface area contributed by atoms with Crippen LogP contribution in [0.1, 0.15) is 18.5 Å². The van der Waals surface area contributed by atoms with Crippen molar-refractivity contribution in [1.29, 1.82) is 0 Å². The van der Waals surface area contributed by atoms with Crippen LogP contribution in [-0.2, 0) is 6.54 Å². The van der Waals surface area contributed by atoms with Gasteiger partial charge in [-0.05, 0) is 36.5 Å². The molecule has 0 atom stereocenters. The number of anilines is 1. The average Bonchev–Trinajstić information content (AvgIpc) is 3.52.